The normalized spacial score (nSPS) is 13.5. The number of rotatable bonds is 6. The maximum absolute atomic E-state index is 5.80. The number of halogens is 1. The molecule has 1 saturated heterocycles. The predicted molar refractivity (Wildman–Crippen MR) is 138 cm³/mol. The summed E-state index contributed by atoms with van der Waals surface area (Å²) in [5.74, 6) is 0.964. The number of ether oxygens (including phenoxy) is 1. The lowest BCUT2D eigenvalue weighted by Crippen LogP contribution is -2.27. The lowest BCUT2D eigenvalue weighted by molar-refractivity contribution is 0.182. The van der Waals surface area contributed by atoms with Crippen LogP contribution in [0.1, 0.15) is 93.1 Å². The Kier molecular flexibility index (Phi) is 21.0. The summed E-state index contributed by atoms with van der Waals surface area (Å²) >= 11 is 5.80. The van der Waals surface area contributed by atoms with Gasteiger partial charge in [-0.1, -0.05) is 70.0 Å². The molecule has 1 N–H and O–H groups in total. The molecule has 1 aliphatic heterocycles. The van der Waals surface area contributed by atoms with Crippen LogP contribution in [0.5, 0.6) is 0 Å². The van der Waals surface area contributed by atoms with Crippen molar-refractivity contribution in [3.63, 3.8) is 0 Å². The Hall–Kier alpha value is -0.830. The predicted octanol–water partition coefficient (Wildman–Crippen LogP) is 8.44. The van der Waals surface area contributed by atoms with Crippen molar-refractivity contribution < 1.29 is 4.74 Å². The quantitative estimate of drug-likeness (QED) is 0.354. The van der Waals surface area contributed by atoms with E-state index in [-0.39, 0.29) is 5.41 Å². The van der Waals surface area contributed by atoms with E-state index in [9.17, 15) is 0 Å². The van der Waals surface area contributed by atoms with Gasteiger partial charge in [0.25, 0.3) is 0 Å². The Balaban J connectivity index is 0. The van der Waals surface area contributed by atoms with Crippen LogP contribution in [-0.2, 0) is 10.2 Å². The highest BCUT2D eigenvalue weighted by atomic mass is 35.5. The van der Waals surface area contributed by atoms with Crippen LogP contribution >= 0.6 is 11.6 Å². The van der Waals surface area contributed by atoms with Crippen molar-refractivity contribution in [2.45, 2.75) is 92.9 Å². The third-order valence-corrected chi connectivity index (χ3v) is 5.76. The molecule has 1 aromatic carbocycles. The molecule has 1 fully saturated rings. The van der Waals surface area contributed by atoms with Crippen LogP contribution in [0.25, 0.3) is 0 Å². The number of piperidine rings is 1. The average molecular weight is 440 g/mol. The molecule has 0 unspecified atom stereocenters. The van der Waals surface area contributed by atoms with Crippen LogP contribution in [0.4, 0.5) is 0 Å². The van der Waals surface area contributed by atoms with Gasteiger partial charge in [-0.2, -0.15) is 0 Å². The second-order valence-corrected chi connectivity index (χ2v) is 8.88. The zero-order valence-corrected chi connectivity index (χ0v) is 22.2. The highest BCUT2D eigenvalue weighted by molar-refractivity contribution is 6.30. The molecule has 1 aromatic rings. The van der Waals surface area contributed by atoms with Crippen LogP contribution < -0.4 is 5.32 Å². The van der Waals surface area contributed by atoms with Crippen molar-refractivity contribution in [1.82, 2.24) is 5.32 Å². The molecule has 1 aliphatic rings. The summed E-state index contributed by atoms with van der Waals surface area (Å²) < 4.78 is 5.02. The van der Waals surface area contributed by atoms with E-state index in [1.54, 1.807) is 7.11 Å². The van der Waals surface area contributed by atoms with Crippen LogP contribution in [0.2, 0.25) is 5.02 Å². The smallest absolute Gasteiger partial charge is 0.0462 e. The standard InChI is InChI=1S/C11H15Cl.C9H19NO.C5H10.C2H6/c1-4-11(2,3)9-5-7-10(12)8-6-9;1-11-8-2-3-9-4-6-10-7-5-9;1-4-5(2)3;1-2/h5-8H,4H2,1-3H3;9-10H,2-8H2,1H3;4H,1-3H3;1-2H3. The number of hydrogen-bond donors (Lipinski definition) is 1. The third-order valence-electron chi connectivity index (χ3n) is 5.51. The molecule has 0 aliphatic carbocycles. The minimum atomic E-state index is 0.268. The fourth-order valence-electron chi connectivity index (χ4n) is 2.79. The van der Waals surface area contributed by atoms with E-state index in [4.69, 9.17) is 16.3 Å². The highest BCUT2D eigenvalue weighted by Gasteiger charge is 2.17. The molecule has 2 nitrogen and oxygen atoms in total. The van der Waals surface area contributed by atoms with E-state index in [0.717, 1.165) is 24.0 Å². The molecule has 0 aromatic heterocycles. The average Bonchev–Trinajstić information content (AvgIpc) is 2.77. The minimum absolute atomic E-state index is 0.268. The summed E-state index contributed by atoms with van der Waals surface area (Å²) in [5, 5.41) is 4.18. The molecule has 0 bridgehead atoms. The molecule has 0 spiro atoms. The molecule has 176 valence electrons. The van der Waals surface area contributed by atoms with Crippen LogP contribution in [-0.4, -0.2) is 26.8 Å². The Morgan fingerprint density at radius 3 is 2.03 bits per heavy atom. The van der Waals surface area contributed by atoms with Crippen molar-refractivity contribution in [2.24, 2.45) is 5.92 Å². The van der Waals surface area contributed by atoms with E-state index < -0.39 is 0 Å². The van der Waals surface area contributed by atoms with Crippen molar-refractivity contribution in [3.05, 3.63) is 46.5 Å². The van der Waals surface area contributed by atoms with Gasteiger partial charge in [0, 0.05) is 18.7 Å². The maximum Gasteiger partial charge on any atom is 0.0462 e. The molecule has 0 radical (unpaired) electrons. The first-order valence-corrected chi connectivity index (χ1v) is 12.2. The molecular weight excluding hydrogens is 390 g/mol. The van der Waals surface area contributed by atoms with E-state index in [1.807, 2.05) is 32.9 Å². The van der Waals surface area contributed by atoms with Crippen molar-refractivity contribution in [1.29, 1.82) is 0 Å². The monoisotopic (exact) mass is 439 g/mol. The molecule has 0 atom stereocenters. The van der Waals surface area contributed by atoms with Crippen LogP contribution in [0.15, 0.2) is 35.9 Å². The topological polar surface area (TPSA) is 21.3 Å². The second kappa shape index (κ2) is 20.1. The van der Waals surface area contributed by atoms with Gasteiger partial charge in [-0.15, -0.1) is 0 Å². The van der Waals surface area contributed by atoms with Gasteiger partial charge >= 0.3 is 0 Å². The Morgan fingerprint density at radius 1 is 1.13 bits per heavy atom. The molecule has 0 amide bonds. The molecule has 2 rings (SSSR count). The summed E-state index contributed by atoms with van der Waals surface area (Å²) in [6, 6.07) is 8.11. The zero-order chi connectivity index (χ0) is 23.4. The maximum atomic E-state index is 5.80. The summed E-state index contributed by atoms with van der Waals surface area (Å²) in [4.78, 5) is 0. The number of benzene rings is 1. The van der Waals surface area contributed by atoms with Gasteiger partial charge in [0.05, 0.1) is 0 Å². The fraction of sp³-hybridized carbons (Fsp3) is 0.704. The summed E-state index contributed by atoms with van der Waals surface area (Å²) in [6.07, 6.45) is 8.55. The molecular formula is C27H50ClNO. The molecule has 0 saturated carbocycles. The number of allylic oxidation sites excluding steroid dienone is 2. The van der Waals surface area contributed by atoms with Gasteiger partial charge < -0.3 is 10.1 Å². The largest absolute Gasteiger partial charge is 0.385 e. The van der Waals surface area contributed by atoms with Crippen molar-refractivity contribution >= 4 is 11.6 Å². The number of nitrogens with one attached hydrogen (secondary N) is 1. The van der Waals surface area contributed by atoms with E-state index in [0.29, 0.717) is 0 Å². The van der Waals surface area contributed by atoms with E-state index in [1.165, 1.54) is 49.9 Å². The first-order valence-electron chi connectivity index (χ1n) is 11.8. The summed E-state index contributed by atoms with van der Waals surface area (Å²) in [6.45, 7) is 20.3. The van der Waals surface area contributed by atoms with Gasteiger partial charge in [-0.25, -0.2) is 0 Å². The van der Waals surface area contributed by atoms with Crippen LogP contribution in [0.3, 0.4) is 0 Å². The molecule has 3 heteroatoms. The van der Waals surface area contributed by atoms with E-state index in [2.05, 4.69) is 58.1 Å². The fourth-order valence-corrected chi connectivity index (χ4v) is 2.92. The van der Waals surface area contributed by atoms with Gasteiger partial charge in [0.1, 0.15) is 0 Å². The summed E-state index contributed by atoms with van der Waals surface area (Å²) in [5.41, 5.74) is 3.00. The van der Waals surface area contributed by atoms with E-state index >= 15 is 0 Å². The van der Waals surface area contributed by atoms with Crippen molar-refractivity contribution in [3.8, 4) is 0 Å². The Labute approximate surface area is 193 Å². The van der Waals surface area contributed by atoms with Gasteiger partial charge in [0.2, 0.25) is 0 Å². The Bertz CT molecular complexity index is 512. The molecule has 1 heterocycles. The van der Waals surface area contributed by atoms with Gasteiger partial charge in [-0.3, -0.25) is 0 Å². The SMILES string of the molecule is CC.CC=C(C)C.CCC(C)(C)c1ccc(Cl)cc1.COCCCC1CCNCC1. The number of methoxy groups -OCH3 is 1. The highest BCUT2D eigenvalue weighted by Crippen LogP contribution is 2.27. The van der Waals surface area contributed by atoms with Gasteiger partial charge in [-0.05, 0) is 95.0 Å². The first-order chi connectivity index (χ1) is 14.3. The van der Waals surface area contributed by atoms with Crippen molar-refractivity contribution in [2.75, 3.05) is 26.8 Å². The number of hydrogen-bond acceptors (Lipinski definition) is 2. The van der Waals surface area contributed by atoms with Gasteiger partial charge in [0.15, 0.2) is 0 Å². The molecule has 30 heavy (non-hydrogen) atoms. The lowest BCUT2D eigenvalue weighted by Gasteiger charge is -2.23. The Morgan fingerprint density at radius 2 is 1.63 bits per heavy atom. The second-order valence-electron chi connectivity index (χ2n) is 8.44. The summed E-state index contributed by atoms with van der Waals surface area (Å²) in [7, 11) is 1.78. The first kappa shape index (κ1) is 31.4. The zero-order valence-electron chi connectivity index (χ0n) is 21.4. The minimum Gasteiger partial charge on any atom is -0.385 e. The van der Waals surface area contributed by atoms with Crippen LogP contribution in [0, 0.1) is 5.92 Å². The lowest BCUT2D eigenvalue weighted by atomic mass is 9.82. The third kappa shape index (κ3) is 16.9.